The Hall–Kier alpha value is -1.39. The van der Waals surface area contributed by atoms with Crippen molar-refractivity contribution >= 4 is 5.97 Å². The van der Waals surface area contributed by atoms with Crippen molar-refractivity contribution < 1.29 is 9.53 Å². The van der Waals surface area contributed by atoms with Crippen LogP contribution >= 0.6 is 0 Å². The highest BCUT2D eigenvalue weighted by atomic mass is 16.5. The average molecular weight is 248 g/mol. The molecule has 4 nitrogen and oxygen atoms in total. The normalized spacial score (nSPS) is 15.2. The summed E-state index contributed by atoms with van der Waals surface area (Å²) in [7, 11) is 1.41. The standard InChI is InChI=1S/C14H20N2O2/c1-18-14(17)12-3-4-13-10-16(7-2-6-15)8-5-11(13)9-12/h3-4,9H,2,5-8,10,15H2,1H3. The summed E-state index contributed by atoms with van der Waals surface area (Å²) in [5, 5.41) is 0. The van der Waals surface area contributed by atoms with Gasteiger partial charge in [-0.25, -0.2) is 4.79 Å². The number of fused-ring (bicyclic) bond motifs is 1. The van der Waals surface area contributed by atoms with Crippen LogP contribution in [0.1, 0.15) is 27.9 Å². The van der Waals surface area contributed by atoms with Crippen molar-refractivity contribution in [1.82, 2.24) is 4.90 Å². The Labute approximate surface area is 108 Å². The van der Waals surface area contributed by atoms with E-state index < -0.39 is 0 Å². The summed E-state index contributed by atoms with van der Waals surface area (Å²) in [4.78, 5) is 13.9. The molecule has 1 aliphatic heterocycles. The zero-order chi connectivity index (χ0) is 13.0. The molecule has 0 amide bonds. The molecule has 0 aromatic heterocycles. The fourth-order valence-corrected chi connectivity index (χ4v) is 2.36. The van der Waals surface area contributed by atoms with E-state index in [1.165, 1.54) is 18.2 Å². The van der Waals surface area contributed by atoms with Crippen LogP contribution in [0.2, 0.25) is 0 Å². The van der Waals surface area contributed by atoms with E-state index in [1.54, 1.807) is 0 Å². The number of benzene rings is 1. The molecular weight excluding hydrogens is 228 g/mol. The van der Waals surface area contributed by atoms with E-state index in [9.17, 15) is 4.79 Å². The Bertz CT molecular complexity index is 432. The van der Waals surface area contributed by atoms with E-state index >= 15 is 0 Å². The molecule has 0 spiro atoms. The predicted molar refractivity (Wildman–Crippen MR) is 70.4 cm³/mol. The minimum atomic E-state index is -0.261. The maximum atomic E-state index is 11.5. The number of rotatable bonds is 4. The maximum Gasteiger partial charge on any atom is 0.337 e. The number of carbonyl (C=O) groups is 1. The molecule has 1 aromatic rings. The average Bonchev–Trinajstić information content (AvgIpc) is 2.43. The number of nitrogens with zero attached hydrogens (tertiary/aromatic N) is 1. The molecule has 18 heavy (non-hydrogen) atoms. The highest BCUT2D eigenvalue weighted by Crippen LogP contribution is 2.20. The van der Waals surface area contributed by atoms with Crippen LogP contribution in [-0.2, 0) is 17.7 Å². The molecule has 4 heteroatoms. The Morgan fingerprint density at radius 1 is 1.44 bits per heavy atom. The second-order valence-corrected chi connectivity index (χ2v) is 4.64. The smallest absolute Gasteiger partial charge is 0.337 e. The molecule has 0 fully saturated rings. The van der Waals surface area contributed by atoms with Crippen molar-refractivity contribution in [2.45, 2.75) is 19.4 Å². The van der Waals surface area contributed by atoms with Crippen molar-refractivity contribution in [2.75, 3.05) is 26.7 Å². The molecule has 0 unspecified atom stereocenters. The first kappa shape index (κ1) is 13.1. The van der Waals surface area contributed by atoms with E-state index in [4.69, 9.17) is 10.5 Å². The fourth-order valence-electron chi connectivity index (χ4n) is 2.36. The number of hydrogen-bond acceptors (Lipinski definition) is 4. The van der Waals surface area contributed by atoms with Gasteiger partial charge in [-0.1, -0.05) is 6.07 Å². The summed E-state index contributed by atoms with van der Waals surface area (Å²) >= 11 is 0. The molecule has 0 radical (unpaired) electrons. The molecule has 0 atom stereocenters. The Balaban J connectivity index is 2.08. The number of nitrogens with two attached hydrogens (primary N) is 1. The summed E-state index contributed by atoms with van der Waals surface area (Å²) in [6.07, 6.45) is 2.03. The van der Waals surface area contributed by atoms with Crippen molar-refractivity contribution in [1.29, 1.82) is 0 Å². The summed E-state index contributed by atoms with van der Waals surface area (Å²) in [6, 6.07) is 5.84. The van der Waals surface area contributed by atoms with Gasteiger partial charge in [0.05, 0.1) is 12.7 Å². The zero-order valence-corrected chi connectivity index (χ0v) is 10.8. The van der Waals surface area contributed by atoms with Crippen LogP contribution in [0.25, 0.3) is 0 Å². The van der Waals surface area contributed by atoms with Crippen LogP contribution in [0.5, 0.6) is 0 Å². The first-order valence-electron chi connectivity index (χ1n) is 6.37. The van der Waals surface area contributed by atoms with Gasteiger partial charge in [0.1, 0.15) is 0 Å². The number of ether oxygens (including phenoxy) is 1. The summed E-state index contributed by atoms with van der Waals surface area (Å²) in [5.41, 5.74) is 8.75. The highest BCUT2D eigenvalue weighted by Gasteiger charge is 2.17. The van der Waals surface area contributed by atoms with Crippen LogP contribution in [0.3, 0.4) is 0 Å². The fraction of sp³-hybridized carbons (Fsp3) is 0.500. The topological polar surface area (TPSA) is 55.6 Å². The van der Waals surface area contributed by atoms with Gasteiger partial charge in [0.2, 0.25) is 0 Å². The number of carbonyl (C=O) groups excluding carboxylic acids is 1. The van der Waals surface area contributed by atoms with Crippen molar-refractivity contribution in [3.05, 3.63) is 34.9 Å². The van der Waals surface area contributed by atoms with E-state index in [-0.39, 0.29) is 5.97 Å². The molecule has 98 valence electrons. The third kappa shape index (κ3) is 2.89. The van der Waals surface area contributed by atoms with Gasteiger partial charge in [0.25, 0.3) is 0 Å². The minimum Gasteiger partial charge on any atom is -0.465 e. The lowest BCUT2D eigenvalue weighted by molar-refractivity contribution is 0.0600. The Morgan fingerprint density at radius 3 is 3.00 bits per heavy atom. The van der Waals surface area contributed by atoms with Crippen LogP contribution in [-0.4, -0.2) is 37.6 Å². The van der Waals surface area contributed by atoms with Crippen molar-refractivity contribution in [3.8, 4) is 0 Å². The lowest BCUT2D eigenvalue weighted by atomic mass is 9.97. The molecule has 0 saturated carbocycles. The first-order chi connectivity index (χ1) is 8.74. The number of hydrogen-bond donors (Lipinski definition) is 1. The zero-order valence-electron chi connectivity index (χ0n) is 10.8. The van der Waals surface area contributed by atoms with E-state index in [1.807, 2.05) is 18.2 Å². The molecule has 1 heterocycles. The second-order valence-electron chi connectivity index (χ2n) is 4.64. The second kappa shape index (κ2) is 5.98. The largest absolute Gasteiger partial charge is 0.465 e. The van der Waals surface area contributed by atoms with Crippen LogP contribution in [0, 0.1) is 0 Å². The lowest BCUT2D eigenvalue weighted by Crippen LogP contribution is -2.32. The van der Waals surface area contributed by atoms with Gasteiger partial charge in [0.15, 0.2) is 0 Å². The van der Waals surface area contributed by atoms with Crippen LogP contribution in [0.4, 0.5) is 0 Å². The van der Waals surface area contributed by atoms with E-state index in [0.717, 1.165) is 39.0 Å². The molecule has 1 aliphatic rings. The van der Waals surface area contributed by atoms with E-state index in [2.05, 4.69) is 4.90 Å². The molecule has 2 N–H and O–H groups in total. The van der Waals surface area contributed by atoms with Crippen LogP contribution < -0.4 is 5.73 Å². The third-order valence-corrected chi connectivity index (χ3v) is 3.40. The minimum absolute atomic E-state index is 0.261. The quantitative estimate of drug-likeness (QED) is 0.813. The summed E-state index contributed by atoms with van der Waals surface area (Å²) in [5.74, 6) is -0.261. The molecule has 0 aliphatic carbocycles. The molecule has 1 aromatic carbocycles. The van der Waals surface area contributed by atoms with Gasteiger partial charge < -0.3 is 10.5 Å². The number of methoxy groups -OCH3 is 1. The molecule has 0 saturated heterocycles. The summed E-state index contributed by atoms with van der Waals surface area (Å²) < 4.78 is 4.74. The summed E-state index contributed by atoms with van der Waals surface area (Å²) in [6.45, 7) is 3.79. The van der Waals surface area contributed by atoms with Crippen molar-refractivity contribution in [3.63, 3.8) is 0 Å². The predicted octanol–water partition coefficient (Wildman–Crippen LogP) is 1.18. The maximum absolute atomic E-state index is 11.5. The third-order valence-electron chi connectivity index (χ3n) is 3.40. The first-order valence-corrected chi connectivity index (χ1v) is 6.37. The number of esters is 1. The van der Waals surface area contributed by atoms with Gasteiger partial charge in [-0.2, -0.15) is 0 Å². The van der Waals surface area contributed by atoms with Gasteiger partial charge in [-0.05, 0) is 49.2 Å². The molecule has 2 rings (SSSR count). The monoisotopic (exact) mass is 248 g/mol. The molecule has 0 bridgehead atoms. The SMILES string of the molecule is COC(=O)c1ccc2c(c1)CCN(CCCN)C2. The van der Waals surface area contributed by atoms with Gasteiger partial charge >= 0.3 is 5.97 Å². The Kier molecular flexibility index (Phi) is 4.33. The Morgan fingerprint density at radius 2 is 2.28 bits per heavy atom. The van der Waals surface area contributed by atoms with Gasteiger partial charge in [-0.3, -0.25) is 4.90 Å². The molecular formula is C14H20N2O2. The van der Waals surface area contributed by atoms with Crippen molar-refractivity contribution in [2.24, 2.45) is 5.73 Å². The van der Waals surface area contributed by atoms with E-state index in [0.29, 0.717) is 5.56 Å². The lowest BCUT2D eigenvalue weighted by Gasteiger charge is -2.28. The van der Waals surface area contributed by atoms with Gasteiger partial charge in [-0.15, -0.1) is 0 Å². The highest BCUT2D eigenvalue weighted by molar-refractivity contribution is 5.89. The van der Waals surface area contributed by atoms with Gasteiger partial charge in [0, 0.05) is 13.1 Å². The van der Waals surface area contributed by atoms with Crippen LogP contribution in [0.15, 0.2) is 18.2 Å².